The quantitative estimate of drug-likeness (QED) is 0.617. The molecule has 0 atom stereocenters. The summed E-state index contributed by atoms with van der Waals surface area (Å²) < 4.78 is 10.4. The summed E-state index contributed by atoms with van der Waals surface area (Å²) in [6.45, 7) is 4.03. The van der Waals surface area contributed by atoms with Gasteiger partial charge in [0.2, 0.25) is 5.90 Å². The van der Waals surface area contributed by atoms with Gasteiger partial charge >= 0.3 is 5.97 Å². The number of benzene rings is 2. The zero-order chi connectivity index (χ0) is 17.3. The van der Waals surface area contributed by atoms with Crippen LogP contribution in [0.5, 0.6) is 5.75 Å². The number of halogens is 1. The molecule has 4 nitrogen and oxygen atoms in total. The monoisotopic (exact) mass is 341 g/mol. The second-order valence-corrected chi connectivity index (χ2v) is 5.94. The minimum Gasteiger partial charge on any atom is -0.495 e. The molecule has 0 aliphatic carbocycles. The molecule has 1 heterocycles. The van der Waals surface area contributed by atoms with Crippen LogP contribution in [0.4, 0.5) is 0 Å². The molecule has 0 saturated heterocycles. The van der Waals surface area contributed by atoms with Gasteiger partial charge in [-0.15, -0.1) is 0 Å². The van der Waals surface area contributed by atoms with E-state index in [0.717, 1.165) is 16.7 Å². The van der Waals surface area contributed by atoms with Crippen molar-refractivity contribution in [1.29, 1.82) is 0 Å². The van der Waals surface area contributed by atoms with E-state index in [1.807, 2.05) is 32.0 Å². The highest BCUT2D eigenvalue weighted by Crippen LogP contribution is 2.27. The summed E-state index contributed by atoms with van der Waals surface area (Å²) >= 11 is 6.10. The Morgan fingerprint density at radius 2 is 1.92 bits per heavy atom. The maximum absolute atomic E-state index is 12.1. The van der Waals surface area contributed by atoms with Gasteiger partial charge in [0.1, 0.15) is 5.75 Å². The van der Waals surface area contributed by atoms with Gasteiger partial charge in [-0.1, -0.05) is 23.7 Å². The van der Waals surface area contributed by atoms with E-state index >= 15 is 0 Å². The first-order valence-corrected chi connectivity index (χ1v) is 7.79. The zero-order valence-electron chi connectivity index (χ0n) is 13.6. The summed E-state index contributed by atoms with van der Waals surface area (Å²) in [4.78, 5) is 16.4. The molecule has 0 radical (unpaired) electrons. The predicted octanol–water partition coefficient (Wildman–Crippen LogP) is 4.31. The van der Waals surface area contributed by atoms with E-state index in [2.05, 4.69) is 4.99 Å². The van der Waals surface area contributed by atoms with Gasteiger partial charge in [0, 0.05) is 5.56 Å². The molecule has 0 N–H and O–H groups in total. The first kappa shape index (κ1) is 16.3. The normalized spacial score (nSPS) is 15.4. The third-order valence-corrected chi connectivity index (χ3v) is 4.15. The molecule has 5 heteroatoms. The smallest absolute Gasteiger partial charge is 0.363 e. The SMILES string of the molecule is COc1ccc(/C=C2/N=C(c3ccc(C)c(C)c3)OC2=O)cc1Cl. The van der Waals surface area contributed by atoms with Crippen LogP contribution in [0, 0.1) is 13.8 Å². The summed E-state index contributed by atoms with van der Waals surface area (Å²) in [5.41, 5.74) is 4.06. The Morgan fingerprint density at radius 1 is 1.12 bits per heavy atom. The predicted molar refractivity (Wildman–Crippen MR) is 94.5 cm³/mol. The van der Waals surface area contributed by atoms with Crippen LogP contribution in [0.25, 0.3) is 6.08 Å². The maximum atomic E-state index is 12.1. The third kappa shape index (κ3) is 3.19. The molecule has 0 aromatic heterocycles. The fourth-order valence-electron chi connectivity index (χ4n) is 2.34. The van der Waals surface area contributed by atoms with Crippen molar-refractivity contribution in [2.45, 2.75) is 13.8 Å². The van der Waals surface area contributed by atoms with Crippen molar-refractivity contribution < 1.29 is 14.3 Å². The molecule has 2 aromatic carbocycles. The van der Waals surface area contributed by atoms with E-state index in [9.17, 15) is 4.79 Å². The summed E-state index contributed by atoms with van der Waals surface area (Å²) in [7, 11) is 1.55. The van der Waals surface area contributed by atoms with E-state index in [1.54, 1.807) is 31.4 Å². The number of hydrogen-bond donors (Lipinski definition) is 0. The number of methoxy groups -OCH3 is 1. The van der Waals surface area contributed by atoms with E-state index in [1.165, 1.54) is 5.56 Å². The van der Waals surface area contributed by atoms with Gasteiger partial charge < -0.3 is 9.47 Å². The van der Waals surface area contributed by atoms with Crippen molar-refractivity contribution in [3.63, 3.8) is 0 Å². The Bertz CT molecular complexity index is 884. The largest absolute Gasteiger partial charge is 0.495 e. The highest BCUT2D eigenvalue weighted by molar-refractivity contribution is 6.32. The number of carbonyl (C=O) groups is 1. The highest BCUT2D eigenvalue weighted by atomic mass is 35.5. The van der Waals surface area contributed by atoms with E-state index in [0.29, 0.717) is 16.7 Å². The average molecular weight is 342 g/mol. The molecule has 2 aromatic rings. The molecular weight excluding hydrogens is 326 g/mol. The first-order chi connectivity index (χ1) is 11.5. The molecule has 0 saturated carbocycles. The highest BCUT2D eigenvalue weighted by Gasteiger charge is 2.24. The molecule has 1 aliphatic heterocycles. The lowest BCUT2D eigenvalue weighted by Crippen LogP contribution is -2.05. The van der Waals surface area contributed by atoms with Crippen molar-refractivity contribution >= 4 is 29.5 Å². The zero-order valence-corrected chi connectivity index (χ0v) is 14.3. The molecule has 0 bridgehead atoms. The number of carbonyl (C=O) groups excluding carboxylic acids is 1. The molecule has 0 spiro atoms. The van der Waals surface area contributed by atoms with Crippen molar-refractivity contribution in [2.24, 2.45) is 4.99 Å². The lowest BCUT2D eigenvalue weighted by Gasteiger charge is -2.03. The van der Waals surface area contributed by atoms with Gasteiger partial charge in [-0.25, -0.2) is 9.79 Å². The molecule has 0 unspecified atom stereocenters. The van der Waals surface area contributed by atoms with Crippen LogP contribution in [-0.2, 0) is 9.53 Å². The molecule has 122 valence electrons. The number of cyclic esters (lactones) is 1. The molecule has 0 amide bonds. The second kappa shape index (κ2) is 6.49. The number of rotatable bonds is 3. The molecule has 3 rings (SSSR count). The van der Waals surface area contributed by atoms with Gasteiger partial charge in [-0.05, 0) is 60.9 Å². The van der Waals surface area contributed by atoms with Crippen LogP contribution in [0.1, 0.15) is 22.3 Å². The molecular formula is C19H16ClNO3. The fourth-order valence-corrected chi connectivity index (χ4v) is 2.60. The van der Waals surface area contributed by atoms with Gasteiger partial charge in [0.15, 0.2) is 5.70 Å². The summed E-state index contributed by atoms with van der Waals surface area (Å²) in [5, 5.41) is 0.469. The van der Waals surface area contributed by atoms with Crippen molar-refractivity contribution in [1.82, 2.24) is 0 Å². The number of aryl methyl sites for hydroxylation is 2. The van der Waals surface area contributed by atoms with Crippen LogP contribution in [0.2, 0.25) is 5.02 Å². The van der Waals surface area contributed by atoms with Crippen molar-refractivity contribution in [2.75, 3.05) is 7.11 Å². The Hall–Kier alpha value is -2.59. The number of hydrogen-bond acceptors (Lipinski definition) is 4. The topological polar surface area (TPSA) is 47.9 Å². The molecule has 0 fully saturated rings. The Balaban J connectivity index is 1.93. The van der Waals surface area contributed by atoms with Gasteiger partial charge in [0.25, 0.3) is 0 Å². The number of esters is 1. The Kier molecular flexibility index (Phi) is 4.40. The molecule has 1 aliphatic rings. The van der Waals surface area contributed by atoms with Gasteiger partial charge in [0.05, 0.1) is 12.1 Å². The number of aliphatic imine (C=N–C) groups is 1. The fraction of sp³-hybridized carbons (Fsp3) is 0.158. The van der Waals surface area contributed by atoms with Gasteiger partial charge in [-0.2, -0.15) is 0 Å². The lowest BCUT2D eigenvalue weighted by molar-refractivity contribution is -0.129. The van der Waals surface area contributed by atoms with E-state index < -0.39 is 5.97 Å². The maximum Gasteiger partial charge on any atom is 0.363 e. The van der Waals surface area contributed by atoms with Gasteiger partial charge in [-0.3, -0.25) is 0 Å². The standard InChI is InChI=1S/C19H16ClNO3/c1-11-4-6-14(8-12(11)2)18-21-16(19(22)24-18)10-13-5-7-17(23-3)15(20)9-13/h4-10H,1-3H3/b16-10+. The second-order valence-electron chi connectivity index (χ2n) is 5.53. The summed E-state index contributed by atoms with van der Waals surface area (Å²) in [6.07, 6.45) is 1.64. The van der Waals surface area contributed by atoms with Crippen LogP contribution in [-0.4, -0.2) is 19.0 Å². The Morgan fingerprint density at radius 3 is 2.58 bits per heavy atom. The minimum atomic E-state index is -0.477. The average Bonchev–Trinajstić information content (AvgIpc) is 2.91. The van der Waals surface area contributed by atoms with Crippen LogP contribution < -0.4 is 4.74 Å². The minimum absolute atomic E-state index is 0.240. The van der Waals surface area contributed by atoms with Crippen molar-refractivity contribution in [3.05, 3.63) is 69.4 Å². The summed E-state index contributed by atoms with van der Waals surface area (Å²) in [5.74, 6) is 0.413. The van der Waals surface area contributed by atoms with Crippen LogP contribution >= 0.6 is 11.6 Å². The lowest BCUT2D eigenvalue weighted by atomic mass is 10.1. The first-order valence-electron chi connectivity index (χ1n) is 7.41. The number of nitrogens with zero attached hydrogens (tertiary/aromatic N) is 1. The van der Waals surface area contributed by atoms with E-state index in [4.69, 9.17) is 21.1 Å². The summed E-state index contributed by atoms with van der Waals surface area (Å²) in [6, 6.07) is 11.1. The molecule has 24 heavy (non-hydrogen) atoms. The van der Waals surface area contributed by atoms with E-state index in [-0.39, 0.29) is 5.70 Å². The van der Waals surface area contributed by atoms with Crippen molar-refractivity contribution in [3.8, 4) is 5.75 Å². The van der Waals surface area contributed by atoms with Crippen LogP contribution in [0.3, 0.4) is 0 Å². The Labute approximate surface area is 145 Å². The number of ether oxygens (including phenoxy) is 2. The van der Waals surface area contributed by atoms with Crippen LogP contribution in [0.15, 0.2) is 47.1 Å². The third-order valence-electron chi connectivity index (χ3n) is 3.85.